The summed E-state index contributed by atoms with van der Waals surface area (Å²) < 4.78 is 15.2. The van der Waals surface area contributed by atoms with Crippen molar-refractivity contribution < 1.29 is 4.39 Å². The van der Waals surface area contributed by atoms with Gasteiger partial charge in [-0.3, -0.25) is 0 Å². The van der Waals surface area contributed by atoms with Gasteiger partial charge in [-0.15, -0.1) is 0 Å². The number of fused-ring (bicyclic) bond motifs is 1. The molecule has 4 heteroatoms. The summed E-state index contributed by atoms with van der Waals surface area (Å²) in [6.07, 6.45) is 2.06. The molecule has 0 N–H and O–H groups in total. The zero-order valence-corrected chi connectivity index (χ0v) is 16.3. The van der Waals surface area contributed by atoms with Crippen LogP contribution in [0.15, 0.2) is 42.6 Å². The van der Waals surface area contributed by atoms with Gasteiger partial charge in [0.15, 0.2) is 0 Å². The molecular formula is C20H24Cl2FN. The van der Waals surface area contributed by atoms with Gasteiger partial charge in [-0.25, -0.2) is 4.39 Å². The lowest BCUT2D eigenvalue weighted by atomic mass is 10.2. The molecule has 3 aromatic rings. The molecule has 0 aliphatic heterocycles. The lowest BCUT2D eigenvalue weighted by Crippen LogP contribution is -1.99. The predicted molar refractivity (Wildman–Crippen MR) is 105 cm³/mol. The van der Waals surface area contributed by atoms with Crippen LogP contribution in [0.5, 0.6) is 0 Å². The van der Waals surface area contributed by atoms with Crippen LogP contribution in [0, 0.1) is 12.7 Å². The number of nitrogens with zero attached hydrogens (tertiary/aromatic N) is 1. The second-order valence-electron chi connectivity index (χ2n) is 4.84. The van der Waals surface area contributed by atoms with Crippen molar-refractivity contribution in [2.45, 2.75) is 41.2 Å². The van der Waals surface area contributed by atoms with Gasteiger partial charge < -0.3 is 4.57 Å². The van der Waals surface area contributed by atoms with Crippen molar-refractivity contribution in [3.05, 3.63) is 69.6 Å². The highest BCUT2D eigenvalue weighted by atomic mass is 35.5. The summed E-state index contributed by atoms with van der Waals surface area (Å²) in [5, 5.41) is 2.28. The monoisotopic (exact) mass is 367 g/mol. The Labute approximate surface area is 154 Å². The Morgan fingerprint density at radius 2 is 1.62 bits per heavy atom. The Balaban J connectivity index is 0.000000671. The van der Waals surface area contributed by atoms with Crippen molar-refractivity contribution in [3.8, 4) is 0 Å². The second kappa shape index (κ2) is 9.71. The minimum atomic E-state index is -0.320. The topological polar surface area (TPSA) is 4.93 Å². The van der Waals surface area contributed by atoms with E-state index in [1.54, 1.807) is 6.07 Å². The molecular weight excluding hydrogens is 344 g/mol. The third kappa shape index (κ3) is 4.75. The molecule has 0 saturated heterocycles. The van der Waals surface area contributed by atoms with E-state index in [0.29, 0.717) is 11.6 Å². The molecule has 0 aliphatic rings. The maximum Gasteiger partial charge on any atom is 0.124 e. The van der Waals surface area contributed by atoms with Gasteiger partial charge >= 0.3 is 0 Å². The van der Waals surface area contributed by atoms with Crippen LogP contribution < -0.4 is 0 Å². The molecule has 0 fully saturated rings. The van der Waals surface area contributed by atoms with Crippen LogP contribution in [0.2, 0.25) is 10.0 Å². The van der Waals surface area contributed by atoms with Crippen molar-refractivity contribution >= 4 is 34.1 Å². The molecule has 2 aromatic carbocycles. The second-order valence-corrected chi connectivity index (χ2v) is 5.68. The Hall–Kier alpha value is -1.51. The summed E-state index contributed by atoms with van der Waals surface area (Å²) in [6, 6.07) is 10.3. The summed E-state index contributed by atoms with van der Waals surface area (Å²) in [5.74, 6) is -0.320. The molecule has 0 saturated carbocycles. The Morgan fingerprint density at radius 1 is 0.958 bits per heavy atom. The number of benzene rings is 2. The largest absolute Gasteiger partial charge is 0.343 e. The van der Waals surface area contributed by atoms with Crippen LogP contribution in [-0.4, -0.2) is 4.57 Å². The van der Waals surface area contributed by atoms with Gasteiger partial charge in [-0.05, 0) is 48.4 Å². The van der Waals surface area contributed by atoms with Crippen molar-refractivity contribution in [3.63, 3.8) is 0 Å². The molecule has 0 bridgehead atoms. The molecule has 0 amide bonds. The molecule has 1 aromatic heterocycles. The lowest BCUT2D eigenvalue weighted by molar-refractivity contribution is 0.626. The van der Waals surface area contributed by atoms with E-state index in [2.05, 4.69) is 10.8 Å². The molecule has 0 radical (unpaired) electrons. The SMILES string of the molecule is CC.CC.Cc1cn(Cc2ccc(F)cc2Cl)c2ccc(Cl)cc12. The van der Waals surface area contributed by atoms with E-state index in [1.807, 2.05) is 52.8 Å². The lowest BCUT2D eigenvalue weighted by Gasteiger charge is -2.08. The van der Waals surface area contributed by atoms with Crippen molar-refractivity contribution in [1.29, 1.82) is 0 Å². The third-order valence-electron chi connectivity index (χ3n) is 3.40. The molecule has 0 aliphatic carbocycles. The van der Waals surface area contributed by atoms with Gasteiger partial charge in [-0.2, -0.15) is 0 Å². The van der Waals surface area contributed by atoms with Crippen molar-refractivity contribution in [2.24, 2.45) is 0 Å². The van der Waals surface area contributed by atoms with Crippen molar-refractivity contribution in [2.75, 3.05) is 0 Å². The summed E-state index contributed by atoms with van der Waals surface area (Å²) in [6.45, 7) is 10.6. The first-order valence-corrected chi connectivity index (χ1v) is 8.99. The first kappa shape index (κ1) is 20.5. The van der Waals surface area contributed by atoms with Crippen LogP contribution in [0.4, 0.5) is 4.39 Å². The first-order chi connectivity index (χ1) is 11.5. The molecule has 0 spiro atoms. The fourth-order valence-electron chi connectivity index (χ4n) is 2.41. The zero-order chi connectivity index (χ0) is 18.3. The molecule has 3 rings (SSSR count). The molecule has 130 valence electrons. The van der Waals surface area contributed by atoms with Crippen LogP contribution >= 0.6 is 23.2 Å². The van der Waals surface area contributed by atoms with Gasteiger partial charge in [0.2, 0.25) is 0 Å². The maximum atomic E-state index is 13.1. The van der Waals surface area contributed by atoms with Gasteiger partial charge in [0.25, 0.3) is 0 Å². The van der Waals surface area contributed by atoms with Crippen LogP contribution in [-0.2, 0) is 6.54 Å². The molecule has 0 unspecified atom stereocenters. The average Bonchev–Trinajstić information content (AvgIpc) is 2.89. The normalized spacial score (nSPS) is 9.83. The Morgan fingerprint density at radius 3 is 2.25 bits per heavy atom. The van der Waals surface area contributed by atoms with E-state index in [0.717, 1.165) is 27.1 Å². The van der Waals surface area contributed by atoms with E-state index in [4.69, 9.17) is 23.2 Å². The number of aryl methyl sites for hydroxylation is 1. The minimum absolute atomic E-state index is 0.320. The summed E-state index contributed by atoms with van der Waals surface area (Å²) >= 11 is 12.1. The zero-order valence-electron chi connectivity index (χ0n) is 14.8. The van der Waals surface area contributed by atoms with E-state index in [9.17, 15) is 4.39 Å². The van der Waals surface area contributed by atoms with E-state index in [1.165, 1.54) is 12.1 Å². The number of halogens is 3. The van der Waals surface area contributed by atoms with E-state index in [-0.39, 0.29) is 5.82 Å². The summed E-state index contributed by atoms with van der Waals surface area (Å²) in [5.41, 5.74) is 3.13. The van der Waals surface area contributed by atoms with Crippen molar-refractivity contribution in [1.82, 2.24) is 4.57 Å². The van der Waals surface area contributed by atoms with Crippen LogP contribution in [0.3, 0.4) is 0 Å². The third-order valence-corrected chi connectivity index (χ3v) is 3.99. The van der Waals surface area contributed by atoms with Crippen LogP contribution in [0.25, 0.3) is 10.9 Å². The highest BCUT2D eigenvalue weighted by Crippen LogP contribution is 2.26. The summed E-state index contributed by atoms with van der Waals surface area (Å²) in [7, 11) is 0. The fourth-order valence-corrected chi connectivity index (χ4v) is 2.81. The average molecular weight is 368 g/mol. The predicted octanol–water partition coefficient (Wildman–Crippen LogP) is 7.50. The molecule has 0 atom stereocenters. The van der Waals surface area contributed by atoms with E-state index < -0.39 is 0 Å². The van der Waals surface area contributed by atoms with Gasteiger partial charge in [0.1, 0.15) is 5.82 Å². The number of hydrogen-bond donors (Lipinski definition) is 0. The maximum absolute atomic E-state index is 13.1. The summed E-state index contributed by atoms with van der Waals surface area (Å²) in [4.78, 5) is 0. The number of hydrogen-bond acceptors (Lipinski definition) is 0. The van der Waals surface area contributed by atoms with E-state index >= 15 is 0 Å². The highest BCUT2D eigenvalue weighted by Gasteiger charge is 2.08. The van der Waals surface area contributed by atoms with Gasteiger partial charge in [-0.1, -0.05) is 57.0 Å². The number of rotatable bonds is 2. The van der Waals surface area contributed by atoms with Crippen LogP contribution in [0.1, 0.15) is 38.8 Å². The Bertz CT molecular complexity index is 794. The number of aromatic nitrogens is 1. The molecule has 24 heavy (non-hydrogen) atoms. The quantitative estimate of drug-likeness (QED) is 0.441. The smallest absolute Gasteiger partial charge is 0.124 e. The fraction of sp³-hybridized carbons (Fsp3) is 0.300. The highest BCUT2D eigenvalue weighted by molar-refractivity contribution is 6.31. The minimum Gasteiger partial charge on any atom is -0.343 e. The van der Waals surface area contributed by atoms with Gasteiger partial charge in [0.05, 0.1) is 0 Å². The molecule has 1 heterocycles. The Kier molecular flexibility index (Phi) is 8.30. The first-order valence-electron chi connectivity index (χ1n) is 8.23. The van der Waals surface area contributed by atoms with Gasteiger partial charge in [0, 0.05) is 33.7 Å². The standard InChI is InChI=1S/C16H12Cl2FN.2C2H6/c1-10-8-20(16-5-3-12(17)6-14(10)16)9-11-2-4-13(19)7-15(11)18;2*1-2/h2-8H,9H2,1H3;2*1-2H3. The molecule has 1 nitrogen and oxygen atoms in total.